The number of fused-ring (bicyclic) bond motifs is 1. The topological polar surface area (TPSA) is 104 Å². The van der Waals surface area contributed by atoms with Gasteiger partial charge in [-0.05, 0) is 6.07 Å². The third-order valence-electron chi connectivity index (χ3n) is 2.71. The average Bonchev–Trinajstić information content (AvgIpc) is 2.81. The zero-order valence-corrected chi connectivity index (χ0v) is 11.0. The molecule has 0 aliphatic rings. The van der Waals surface area contributed by atoms with Crippen LogP contribution >= 0.6 is 11.3 Å². The first-order valence-corrected chi connectivity index (χ1v) is 6.58. The number of aliphatic carboxylic acids is 2. The smallest absolute Gasteiger partial charge is 0.326 e. The molecule has 0 aliphatic heterocycles. The van der Waals surface area contributed by atoms with Crippen LogP contribution in [0.3, 0.4) is 0 Å². The van der Waals surface area contributed by atoms with Gasteiger partial charge in [0.2, 0.25) is 0 Å². The molecular formula is C13H11NO5S. The lowest BCUT2D eigenvalue weighted by Gasteiger charge is -2.11. The number of nitrogens with one attached hydrogen (secondary N) is 1. The van der Waals surface area contributed by atoms with E-state index in [9.17, 15) is 14.4 Å². The van der Waals surface area contributed by atoms with E-state index in [0.29, 0.717) is 5.56 Å². The highest BCUT2D eigenvalue weighted by Gasteiger charge is 2.24. The number of rotatable bonds is 5. The van der Waals surface area contributed by atoms with Gasteiger partial charge in [0, 0.05) is 15.5 Å². The first kappa shape index (κ1) is 14.0. The van der Waals surface area contributed by atoms with Crippen LogP contribution in [0.15, 0.2) is 29.6 Å². The minimum Gasteiger partial charge on any atom is -0.481 e. The van der Waals surface area contributed by atoms with Gasteiger partial charge in [-0.25, -0.2) is 4.79 Å². The van der Waals surface area contributed by atoms with Crippen molar-refractivity contribution in [2.45, 2.75) is 12.5 Å². The van der Waals surface area contributed by atoms with Crippen LogP contribution < -0.4 is 5.32 Å². The summed E-state index contributed by atoms with van der Waals surface area (Å²) in [6.45, 7) is 0. The number of amides is 1. The molecule has 3 N–H and O–H groups in total. The van der Waals surface area contributed by atoms with Crippen molar-refractivity contribution in [3.05, 3.63) is 35.2 Å². The van der Waals surface area contributed by atoms with Crippen LogP contribution in [-0.2, 0) is 9.59 Å². The Kier molecular flexibility index (Phi) is 3.99. The van der Waals surface area contributed by atoms with Crippen LogP contribution in [0.5, 0.6) is 0 Å². The monoisotopic (exact) mass is 293 g/mol. The van der Waals surface area contributed by atoms with Gasteiger partial charge in [0.15, 0.2) is 0 Å². The van der Waals surface area contributed by atoms with Gasteiger partial charge in [0.05, 0.1) is 12.0 Å². The molecule has 0 bridgehead atoms. The second-order valence-corrected chi connectivity index (χ2v) is 5.02. The summed E-state index contributed by atoms with van der Waals surface area (Å²) in [5.41, 5.74) is 0.349. The van der Waals surface area contributed by atoms with Crippen LogP contribution in [0.4, 0.5) is 0 Å². The number of benzene rings is 1. The molecule has 20 heavy (non-hydrogen) atoms. The number of carboxylic acid groups (broad SMARTS) is 2. The molecule has 1 unspecified atom stereocenters. The Morgan fingerprint density at radius 3 is 2.55 bits per heavy atom. The molecule has 1 amide bonds. The Morgan fingerprint density at radius 2 is 1.90 bits per heavy atom. The van der Waals surface area contributed by atoms with Crippen molar-refractivity contribution in [2.24, 2.45) is 0 Å². The Labute approximate surface area is 117 Å². The summed E-state index contributed by atoms with van der Waals surface area (Å²) in [6.07, 6.45) is -0.664. The van der Waals surface area contributed by atoms with Crippen LogP contribution in [0, 0.1) is 0 Å². The quantitative estimate of drug-likeness (QED) is 0.776. The predicted molar refractivity (Wildman–Crippen MR) is 73.0 cm³/mol. The van der Waals surface area contributed by atoms with Crippen molar-refractivity contribution >= 4 is 39.3 Å². The van der Waals surface area contributed by atoms with Crippen LogP contribution in [0.25, 0.3) is 10.1 Å². The standard InChI is InChI=1S/C13H11NO5S/c15-11(16)5-9(13(18)19)14-12(17)8-6-20-10-4-2-1-3-7(8)10/h1-4,6,9H,5H2,(H,14,17)(H,15,16)(H,18,19). The molecule has 104 valence electrons. The lowest BCUT2D eigenvalue weighted by atomic mass is 10.1. The number of carbonyl (C=O) groups excluding carboxylic acids is 1. The van der Waals surface area contributed by atoms with E-state index < -0.39 is 30.3 Å². The summed E-state index contributed by atoms with van der Waals surface area (Å²) in [5, 5.41) is 22.1. The lowest BCUT2D eigenvalue weighted by Crippen LogP contribution is -2.42. The maximum Gasteiger partial charge on any atom is 0.326 e. The summed E-state index contributed by atoms with van der Waals surface area (Å²) in [7, 11) is 0. The second-order valence-electron chi connectivity index (χ2n) is 4.11. The Balaban J connectivity index is 2.22. The van der Waals surface area contributed by atoms with E-state index in [4.69, 9.17) is 10.2 Å². The van der Waals surface area contributed by atoms with E-state index >= 15 is 0 Å². The van der Waals surface area contributed by atoms with Crippen molar-refractivity contribution in [3.8, 4) is 0 Å². The Hall–Kier alpha value is -2.41. The molecule has 0 spiro atoms. The molecule has 2 rings (SSSR count). The van der Waals surface area contributed by atoms with Gasteiger partial charge in [-0.1, -0.05) is 18.2 Å². The largest absolute Gasteiger partial charge is 0.481 e. The Morgan fingerprint density at radius 1 is 1.20 bits per heavy atom. The van der Waals surface area contributed by atoms with E-state index in [0.717, 1.165) is 10.1 Å². The second kappa shape index (κ2) is 5.70. The molecule has 0 saturated heterocycles. The maximum absolute atomic E-state index is 12.1. The molecule has 1 aromatic carbocycles. The van der Waals surface area contributed by atoms with E-state index in [1.165, 1.54) is 11.3 Å². The number of carbonyl (C=O) groups is 3. The van der Waals surface area contributed by atoms with Gasteiger partial charge in [-0.3, -0.25) is 9.59 Å². The van der Waals surface area contributed by atoms with Gasteiger partial charge in [-0.2, -0.15) is 0 Å². The molecule has 7 heteroatoms. The zero-order valence-electron chi connectivity index (χ0n) is 10.2. The van der Waals surface area contributed by atoms with Gasteiger partial charge in [0.25, 0.3) is 5.91 Å². The van der Waals surface area contributed by atoms with Gasteiger partial charge < -0.3 is 15.5 Å². The van der Waals surface area contributed by atoms with E-state index in [1.54, 1.807) is 17.5 Å². The molecule has 0 fully saturated rings. The predicted octanol–water partition coefficient (Wildman–Crippen LogP) is 1.56. The van der Waals surface area contributed by atoms with Crippen molar-refractivity contribution in [1.82, 2.24) is 5.32 Å². The van der Waals surface area contributed by atoms with E-state index in [1.807, 2.05) is 12.1 Å². The van der Waals surface area contributed by atoms with Gasteiger partial charge in [-0.15, -0.1) is 11.3 Å². The molecule has 1 heterocycles. The molecule has 1 aromatic heterocycles. The fourth-order valence-electron chi connectivity index (χ4n) is 1.76. The van der Waals surface area contributed by atoms with E-state index in [2.05, 4.69) is 5.32 Å². The first-order chi connectivity index (χ1) is 9.49. The molecular weight excluding hydrogens is 282 g/mol. The van der Waals surface area contributed by atoms with Crippen molar-refractivity contribution in [1.29, 1.82) is 0 Å². The van der Waals surface area contributed by atoms with E-state index in [-0.39, 0.29) is 0 Å². The summed E-state index contributed by atoms with van der Waals surface area (Å²) < 4.78 is 0.905. The fraction of sp³-hybridized carbons (Fsp3) is 0.154. The van der Waals surface area contributed by atoms with Gasteiger partial charge >= 0.3 is 11.9 Å². The zero-order chi connectivity index (χ0) is 14.7. The molecule has 6 nitrogen and oxygen atoms in total. The fourth-order valence-corrected chi connectivity index (χ4v) is 2.71. The highest BCUT2D eigenvalue weighted by molar-refractivity contribution is 7.17. The molecule has 0 saturated carbocycles. The van der Waals surface area contributed by atoms with Gasteiger partial charge in [0.1, 0.15) is 6.04 Å². The minimum atomic E-state index is -1.45. The normalized spacial score (nSPS) is 12.0. The minimum absolute atomic E-state index is 0.349. The SMILES string of the molecule is O=C(O)CC(NC(=O)c1csc2ccccc12)C(=O)O. The van der Waals surface area contributed by atoms with Crippen LogP contribution in [0.2, 0.25) is 0 Å². The van der Waals surface area contributed by atoms with Crippen LogP contribution in [-0.4, -0.2) is 34.1 Å². The molecule has 0 radical (unpaired) electrons. The van der Waals surface area contributed by atoms with Crippen molar-refractivity contribution < 1.29 is 24.6 Å². The number of carboxylic acids is 2. The number of thiophene rings is 1. The maximum atomic E-state index is 12.1. The molecule has 2 aromatic rings. The number of hydrogen-bond acceptors (Lipinski definition) is 4. The average molecular weight is 293 g/mol. The number of hydrogen-bond donors (Lipinski definition) is 3. The third-order valence-corrected chi connectivity index (χ3v) is 3.67. The molecule has 0 aliphatic carbocycles. The lowest BCUT2D eigenvalue weighted by molar-refractivity contribution is -0.145. The highest BCUT2D eigenvalue weighted by atomic mass is 32.1. The summed E-state index contributed by atoms with van der Waals surface area (Å²) in [6, 6.07) is 5.78. The van der Waals surface area contributed by atoms with Crippen LogP contribution in [0.1, 0.15) is 16.8 Å². The molecule has 1 atom stereocenters. The first-order valence-electron chi connectivity index (χ1n) is 5.70. The third kappa shape index (κ3) is 2.94. The summed E-state index contributed by atoms with van der Waals surface area (Å²) in [5.74, 6) is -3.25. The van der Waals surface area contributed by atoms with Crippen molar-refractivity contribution in [2.75, 3.05) is 0 Å². The summed E-state index contributed by atoms with van der Waals surface area (Å²) in [4.78, 5) is 33.6. The Bertz CT molecular complexity index is 678. The van der Waals surface area contributed by atoms with Crippen molar-refractivity contribution in [3.63, 3.8) is 0 Å². The highest BCUT2D eigenvalue weighted by Crippen LogP contribution is 2.25. The summed E-state index contributed by atoms with van der Waals surface area (Å²) >= 11 is 1.37.